The number of benzene rings is 2. The van der Waals surface area contributed by atoms with E-state index in [1.807, 2.05) is 42.5 Å². The molecule has 3 rings (SSSR count). The van der Waals surface area contributed by atoms with E-state index in [1.54, 1.807) is 12.1 Å². The van der Waals surface area contributed by atoms with Crippen LogP contribution in [0.2, 0.25) is 0 Å². The lowest BCUT2D eigenvalue weighted by molar-refractivity contribution is -0.134. The van der Waals surface area contributed by atoms with Crippen molar-refractivity contribution in [2.45, 2.75) is 0 Å². The summed E-state index contributed by atoms with van der Waals surface area (Å²) in [5.74, 6) is -0.561. The number of methoxy groups -OCH3 is 1. The molecule has 0 aliphatic rings. The fraction of sp³-hybridized carbons (Fsp3) is 0.0526. The van der Waals surface area contributed by atoms with E-state index in [0.29, 0.717) is 11.0 Å². The van der Waals surface area contributed by atoms with E-state index >= 15 is 0 Å². The van der Waals surface area contributed by atoms with Gasteiger partial charge in [0.15, 0.2) is 5.69 Å². The van der Waals surface area contributed by atoms with Crippen LogP contribution < -0.4 is 11.0 Å². The van der Waals surface area contributed by atoms with Crippen LogP contribution >= 0.6 is 0 Å². The summed E-state index contributed by atoms with van der Waals surface area (Å²) in [7, 11) is 1.27. The van der Waals surface area contributed by atoms with Crippen molar-refractivity contribution in [2.24, 2.45) is 5.10 Å². The molecule has 7 heteroatoms. The summed E-state index contributed by atoms with van der Waals surface area (Å²) in [4.78, 5) is 31.0. The standard InChI is InChI=1S/C19H16N4O3/c1-26-17(24)12-11-16(23-22-13-7-3-2-4-8-13)18-19(25)21-15-10-6-5-9-14(15)20-18/h2-12,22H,1H3,(H,21,25). The molecule has 0 saturated carbocycles. The van der Waals surface area contributed by atoms with Gasteiger partial charge in [0.1, 0.15) is 5.71 Å². The summed E-state index contributed by atoms with van der Waals surface area (Å²) in [6.07, 6.45) is 2.57. The molecular formula is C19H16N4O3. The number of rotatable bonds is 5. The van der Waals surface area contributed by atoms with Crippen molar-refractivity contribution >= 4 is 28.4 Å². The summed E-state index contributed by atoms with van der Waals surface area (Å²) < 4.78 is 4.59. The number of aromatic amines is 1. The number of fused-ring (bicyclic) bond motifs is 1. The minimum absolute atomic E-state index is 0.0901. The minimum atomic E-state index is -0.561. The van der Waals surface area contributed by atoms with E-state index in [9.17, 15) is 9.59 Å². The Morgan fingerprint density at radius 2 is 1.85 bits per heavy atom. The Bertz CT molecular complexity index is 1040. The number of anilines is 1. The SMILES string of the molecule is COC(=O)C=CC(=NNc1ccccc1)c1nc2ccccc2[nH]c1=O. The maximum Gasteiger partial charge on any atom is 0.330 e. The fourth-order valence-electron chi connectivity index (χ4n) is 2.22. The maximum absolute atomic E-state index is 12.4. The molecular weight excluding hydrogens is 332 g/mol. The van der Waals surface area contributed by atoms with Crippen LogP contribution in [-0.4, -0.2) is 28.8 Å². The van der Waals surface area contributed by atoms with Gasteiger partial charge in [0.05, 0.1) is 23.8 Å². The van der Waals surface area contributed by atoms with Crippen LogP contribution in [0.4, 0.5) is 5.69 Å². The lowest BCUT2D eigenvalue weighted by Gasteiger charge is -2.05. The normalized spacial score (nSPS) is 11.7. The third-order valence-corrected chi connectivity index (χ3v) is 3.50. The number of nitrogens with one attached hydrogen (secondary N) is 2. The molecule has 1 heterocycles. The second kappa shape index (κ2) is 7.89. The van der Waals surface area contributed by atoms with Gasteiger partial charge in [-0.05, 0) is 30.3 Å². The van der Waals surface area contributed by atoms with Crippen LogP contribution in [0.1, 0.15) is 5.69 Å². The molecule has 0 spiro atoms. The Morgan fingerprint density at radius 3 is 2.62 bits per heavy atom. The molecule has 7 nitrogen and oxygen atoms in total. The zero-order valence-corrected chi connectivity index (χ0v) is 14.0. The Hall–Kier alpha value is -3.74. The van der Waals surface area contributed by atoms with Crippen molar-refractivity contribution in [3.8, 4) is 0 Å². The Labute approximate surface area is 149 Å². The quantitative estimate of drug-likeness (QED) is 0.320. The third kappa shape index (κ3) is 4.02. The summed E-state index contributed by atoms with van der Waals surface area (Å²) in [6, 6.07) is 16.4. The number of esters is 1. The molecule has 130 valence electrons. The van der Waals surface area contributed by atoms with Crippen molar-refractivity contribution in [2.75, 3.05) is 12.5 Å². The van der Waals surface area contributed by atoms with Crippen LogP contribution in [0.5, 0.6) is 0 Å². The average molecular weight is 348 g/mol. The first-order valence-electron chi connectivity index (χ1n) is 7.81. The number of para-hydroxylation sites is 3. The highest BCUT2D eigenvalue weighted by Gasteiger charge is 2.11. The molecule has 0 saturated heterocycles. The first-order valence-corrected chi connectivity index (χ1v) is 7.81. The summed E-state index contributed by atoms with van der Waals surface area (Å²) in [5.41, 5.74) is 4.69. The van der Waals surface area contributed by atoms with Gasteiger partial charge in [0.2, 0.25) is 0 Å². The summed E-state index contributed by atoms with van der Waals surface area (Å²) in [6.45, 7) is 0. The molecule has 0 unspecified atom stereocenters. The van der Waals surface area contributed by atoms with Crippen LogP contribution in [0.3, 0.4) is 0 Å². The van der Waals surface area contributed by atoms with Gasteiger partial charge >= 0.3 is 5.97 Å². The zero-order valence-electron chi connectivity index (χ0n) is 14.0. The molecule has 1 aromatic heterocycles. The highest BCUT2D eigenvalue weighted by Crippen LogP contribution is 2.09. The van der Waals surface area contributed by atoms with Gasteiger partial charge in [0, 0.05) is 6.08 Å². The number of hydrogen-bond acceptors (Lipinski definition) is 6. The van der Waals surface area contributed by atoms with Crippen molar-refractivity contribution < 1.29 is 9.53 Å². The monoisotopic (exact) mass is 348 g/mol. The lowest BCUT2D eigenvalue weighted by Crippen LogP contribution is -2.20. The number of hydrazone groups is 1. The van der Waals surface area contributed by atoms with E-state index in [2.05, 4.69) is 25.2 Å². The Balaban J connectivity index is 2.05. The first kappa shape index (κ1) is 17.1. The predicted octanol–water partition coefficient (Wildman–Crippen LogP) is 2.47. The number of hydrogen-bond donors (Lipinski definition) is 2. The summed E-state index contributed by atoms with van der Waals surface area (Å²) >= 11 is 0. The van der Waals surface area contributed by atoms with Crippen molar-refractivity contribution in [1.82, 2.24) is 9.97 Å². The Kier molecular flexibility index (Phi) is 5.19. The van der Waals surface area contributed by atoms with E-state index in [1.165, 1.54) is 19.3 Å². The minimum Gasteiger partial charge on any atom is -0.466 e. The van der Waals surface area contributed by atoms with E-state index in [-0.39, 0.29) is 11.4 Å². The van der Waals surface area contributed by atoms with E-state index in [0.717, 1.165) is 5.69 Å². The van der Waals surface area contributed by atoms with Gasteiger partial charge in [0.25, 0.3) is 5.56 Å². The highest BCUT2D eigenvalue weighted by molar-refractivity contribution is 6.10. The molecule has 2 aromatic carbocycles. The predicted molar refractivity (Wildman–Crippen MR) is 100 cm³/mol. The molecule has 0 aliphatic heterocycles. The van der Waals surface area contributed by atoms with Gasteiger partial charge in [-0.25, -0.2) is 9.78 Å². The van der Waals surface area contributed by atoms with Gasteiger partial charge in [-0.1, -0.05) is 30.3 Å². The fourth-order valence-corrected chi connectivity index (χ4v) is 2.22. The molecule has 0 bridgehead atoms. The zero-order chi connectivity index (χ0) is 18.4. The number of H-pyrrole nitrogens is 1. The van der Waals surface area contributed by atoms with Gasteiger partial charge in [-0.3, -0.25) is 10.2 Å². The first-order chi connectivity index (χ1) is 12.7. The number of allylic oxidation sites excluding steroid dienone is 1. The number of carbonyl (C=O) groups excluding carboxylic acids is 1. The number of carbonyl (C=O) groups is 1. The molecule has 2 N–H and O–H groups in total. The lowest BCUT2D eigenvalue weighted by atomic mass is 10.2. The van der Waals surface area contributed by atoms with Crippen LogP contribution in [0.25, 0.3) is 11.0 Å². The largest absolute Gasteiger partial charge is 0.466 e. The second-order valence-electron chi connectivity index (χ2n) is 5.26. The molecule has 0 radical (unpaired) electrons. The maximum atomic E-state index is 12.4. The van der Waals surface area contributed by atoms with Crippen molar-refractivity contribution in [1.29, 1.82) is 0 Å². The average Bonchev–Trinajstić information content (AvgIpc) is 2.68. The number of aromatic nitrogens is 2. The van der Waals surface area contributed by atoms with Gasteiger partial charge in [-0.2, -0.15) is 5.10 Å². The molecule has 0 aliphatic carbocycles. The van der Waals surface area contributed by atoms with Crippen molar-refractivity contribution in [3.05, 3.63) is 82.8 Å². The van der Waals surface area contributed by atoms with E-state index < -0.39 is 11.5 Å². The van der Waals surface area contributed by atoms with Crippen LogP contribution in [0.15, 0.2) is 76.6 Å². The molecule has 26 heavy (non-hydrogen) atoms. The van der Waals surface area contributed by atoms with Gasteiger partial charge < -0.3 is 9.72 Å². The smallest absolute Gasteiger partial charge is 0.330 e. The third-order valence-electron chi connectivity index (χ3n) is 3.50. The molecule has 0 atom stereocenters. The Morgan fingerprint density at radius 1 is 1.12 bits per heavy atom. The number of nitrogens with zero attached hydrogens (tertiary/aromatic N) is 2. The topological polar surface area (TPSA) is 96.4 Å². The van der Waals surface area contributed by atoms with Crippen LogP contribution in [-0.2, 0) is 9.53 Å². The molecule has 0 amide bonds. The van der Waals surface area contributed by atoms with Crippen LogP contribution in [0, 0.1) is 0 Å². The summed E-state index contributed by atoms with van der Waals surface area (Å²) in [5, 5.41) is 4.23. The highest BCUT2D eigenvalue weighted by atomic mass is 16.5. The van der Waals surface area contributed by atoms with Crippen molar-refractivity contribution in [3.63, 3.8) is 0 Å². The molecule has 0 fully saturated rings. The second-order valence-corrected chi connectivity index (χ2v) is 5.26. The van der Waals surface area contributed by atoms with Gasteiger partial charge in [-0.15, -0.1) is 0 Å². The molecule has 3 aromatic rings. The number of ether oxygens (including phenoxy) is 1. The van der Waals surface area contributed by atoms with E-state index in [4.69, 9.17) is 0 Å².